The van der Waals surface area contributed by atoms with E-state index in [9.17, 15) is 0 Å². The van der Waals surface area contributed by atoms with Gasteiger partial charge in [0.2, 0.25) is 0 Å². The molecule has 2 rings (SSSR count). The molecule has 1 unspecified atom stereocenters. The highest BCUT2D eigenvalue weighted by molar-refractivity contribution is 8.00. The van der Waals surface area contributed by atoms with Crippen molar-refractivity contribution < 1.29 is 0 Å². The van der Waals surface area contributed by atoms with Crippen LogP contribution in [0, 0.1) is 0 Å². The first-order valence-electron chi connectivity index (χ1n) is 6.17. The Bertz CT molecular complexity index is 341. The Morgan fingerprint density at radius 2 is 2.35 bits per heavy atom. The Morgan fingerprint density at radius 1 is 1.47 bits per heavy atom. The average Bonchev–Trinajstić information content (AvgIpc) is 2.37. The van der Waals surface area contributed by atoms with Crippen LogP contribution in [0.3, 0.4) is 0 Å². The topological polar surface area (TPSA) is 41.1 Å². The second-order valence-corrected chi connectivity index (χ2v) is 5.82. The zero-order valence-electron chi connectivity index (χ0n) is 10.5. The van der Waals surface area contributed by atoms with Gasteiger partial charge >= 0.3 is 0 Å². The SMILES string of the molecule is CCNCc1cnc(N2CCSC(C)C2)cn1. The maximum absolute atomic E-state index is 4.50. The van der Waals surface area contributed by atoms with Gasteiger partial charge in [0.25, 0.3) is 0 Å². The van der Waals surface area contributed by atoms with E-state index < -0.39 is 0 Å². The highest BCUT2D eigenvalue weighted by atomic mass is 32.2. The van der Waals surface area contributed by atoms with E-state index in [1.165, 1.54) is 5.75 Å². The van der Waals surface area contributed by atoms with Gasteiger partial charge < -0.3 is 10.2 Å². The first-order valence-corrected chi connectivity index (χ1v) is 7.22. The predicted octanol–water partition coefficient (Wildman–Crippen LogP) is 1.53. The molecule has 2 heterocycles. The van der Waals surface area contributed by atoms with Crippen LogP contribution >= 0.6 is 11.8 Å². The quantitative estimate of drug-likeness (QED) is 0.880. The standard InChI is InChI=1S/C12H20N4S/c1-3-13-6-11-7-15-12(8-14-11)16-4-5-17-10(2)9-16/h7-8,10,13H,3-6,9H2,1-2H3. The van der Waals surface area contributed by atoms with Crippen molar-refractivity contribution in [2.24, 2.45) is 0 Å². The summed E-state index contributed by atoms with van der Waals surface area (Å²) in [4.78, 5) is 11.3. The Kier molecular flexibility index (Phi) is 4.62. The number of hydrogen-bond acceptors (Lipinski definition) is 5. The zero-order valence-corrected chi connectivity index (χ0v) is 11.3. The number of hydrogen-bond donors (Lipinski definition) is 1. The fraction of sp³-hybridized carbons (Fsp3) is 0.667. The molecule has 1 saturated heterocycles. The lowest BCUT2D eigenvalue weighted by Gasteiger charge is -2.31. The molecule has 0 amide bonds. The van der Waals surface area contributed by atoms with Gasteiger partial charge in [0, 0.05) is 30.6 Å². The van der Waals surface area contributed by atoms with Gasteiger partial charge in [0.15, 0.2) is 0 Å². The highest BCUT2D eigenvalue weighted by Crippen LogP contribution is 2.21. The van der Waals surface area contributed by atoms with Crippen LogP contribution < -0.4 is 10.2 Å². The molecule has 1 N–H and O–H groups in total. The van der Waals surface area contributed by atoms with Gasteiger partial charge in [0.1, 0.15) is 5.82 Å². The number of nitrogens with one attached hydrogen (secondary N) is 1. The van der Waals surface area contributed by atoms with Gasteiger partial charge in [-0.25, -0.2) is 4.98 Å². The van der Waals surface area contributed by atoms with Crippen LogP contribution in [0.5, 0.6) is 0 Å². The summed E-state index contributed by atoms with van der Waals surface area (Å²) >= 11 is 2.03. The number of anilines is 1. The minimum atomic E-state index is 0.687. The minimum Gasteiger partial charge on any atom is -0.353 e. The van der Waals surface area contributed by atoms with Crippen molar-refractivity contribution >= 4 is 17.6 Å². The summed E-state index contributed by atoms with van der Waals surface area (Å²) in [6.07, 6.45) is 3.78. The molecule has 0 radical (unpaired) electrons. The van der Waals surface area contributed by atoms with Crippen LogP contribution in [0.25, 0.3) is 0 Å². The maximum Gasteiger partial charge on any atom is 0.147 e. The molecule has 1 aromatic heterocycles. The largest absolute Gasteiger partial charge is 0.353 e. The molecule has 0 bridgehead atoms. The third-order valence-electron chi connectivity index (χ3n) is 2.81. The third-order valence-corrected chi connectivity index (χ3v) is 3.95. The highest BCUT2D eigenvalue weighted by Gasteiger charge is 2.17. The second kappa shape index (κ2) is 6.21. The average molecular weight is 252 g/mol. The van der Waals surface area contributed by atoms with E-state index in [-0.39, 0.29) is 0 Å². The molecule has 1 atom stereocenters. The molecule has 1 aliphatic heterocycles. The van der Waals surface area contributed by atoms with Crippen molar-refractivity contribution in [1.82, 2.24) is 15.3 Å². The van der Waals surface area contributed by atoms with Crippen LogP contribution in [-0.4, -0.2) is 40.6 Å². The van der Waals surface area contributed by atoms with Gasteiger partial charge in [-0.15, -0.1) is 0 Å². The van der Waals surface area contributed by atoms with Crippen LogP contribution in [0.1, 0.15) is 19.5 Å². The summed E-state index contributed by atoms with van der Waals surface area (Å²) < 4.78 is 0. The minimum absolute atomic E-state index is 0.687. The lowest BCUT2D eigenvalue weighted by atomic mass is 10.3. The summed E-state index contributed by atoms with van der Waals surface area (Å²) in [7, 11) is 0. The number of rotatable bonds is 4. The fourth-order valence-electron chi connectivity index (χ4n) is 1.88. The van der Waals surface area contributed by atoms with Crippen LogP contribution in [0.4, 0.5) is 5.82 Å². The predicted molar refractivity (Wildman–Crippen MR) is 73.5 cm³/mol. The molecule has 1 fully saturated rings. The van der Waals surface area contributed by atoms with Gasteiger partial charge in [-0.05, 0) is 6.54 Å². The fourth-order valence-corrected chi connectivity index (χ4v) is 2.90. The van der Waals surface area contributed by atoms with Crippen molar-refractivity contribution in [2.75, 3.05) is 30.3 Å². The van der Waals surface area contributed by atoms with Crippen molar-refractivity contribution in [2.45, 2.75) is 25.6 Å². The second-order valence-electron chi connectivity index (χ2n) is 4.27. The lowest BCUT2D eigenvalue weighted by molar-refractivity contribution is 0.703. The Labute approximate surface area is 107 Å². The first kappa shape index (κ1) is 12.6. The number of aromatic nitrogens is 2. The molecular formula is C12H20N4S. The zero-order chi connectivity index (χ0) is 12.1. The van der Waals surface area contributed by atoms with E-state index in [2.05, 4.69) is 34.0 Å². The molecule has 1 aromatic rings. The van der Waals surface area contributed by atoms with E-state index in [0.717, 1.165) is 37.7 Å². The summed E-state index contributed by atoms with van der Waals surface area (Å²) in [6.45, 7) is 8.28. The maximum atomic E-state index is 4.50. The molecule has 0 spiro atoms. The molecule has 94 valence electrons. The third kappa shape index (κ3) is 3.57. The lowest BCUT2D eigenvalue weighted by Crippen LogP contribution is -2.37. The van der Waals surface area contributed by atoms with Crippen LogP contribution in [0.15, 0.2) is 12.4 Å². The van der Waals surface area contributed by atoms with E-state index in [0.29, 0.717) is 5.25 Å². The molecule has 4 nitrogen and oxygen atoms in total. The van der Waals surface area contributed by atoms with Gasteiger partial charge in [-0.2, -0.15) is 11.8 Å². The summed E-state index contributed by atoms with van der Waals surface area (Å²) in [6, 6.07) is 0. The van der Waals surface area contributed by atoms with E-state index in [4.69, 9.17) is 0 Å². The van der Waals surface area contributed by atoms with E-state index in [1.54, 1.807) is 0 Å². The van der Waals surface area contributed by atoms with Crippen LogP contribution in [-0.2, 0) is 6.54 Å². The van der Waals surface area contributed by atoms with Gasteiger partial charge in [-0.3, -0.25) is 4.98 Å². The molecule has 5 heteroatoms. The summed E-state index contributed by atoms with van der Waals surface area (Å²) in [5, 5.41) is 3.94. The Hall–Kier alpha value is -0.810. The summed E-state index contributed by atoms with van der Waals surface area (Å²) in [5.41, 5.74) is 1.01. The first-order chi connectivity index (χ1) is 8.29. The Morgan fingerprint density at radius 3 is 3.00 bits per heavy atom. The number of thioether (sulfide) groups is 1. The van der Waals surface area contributed by atoms with Crippen molar-refractivity contribution in [1.29, 1.82) is 0 Å². The molecule has 0 aromatic carbocycles. The normalized spacial score (nSPS) is 20.6. The summed E-state index contributed by atoms with van der Waals surface area (Å²) in [5.74, 6) is 2.19. The van der Waals surface area contributed by atoms with Crippen molar-refractivity contribution in [3.63, 3.8) is 0 Å². The van der Waals surface area contributed by atoms with Gasteiger partial charge in [0.05, 0.1) is 18.1 Å². The van der Waals surface area contributed by atoms with E-state index in [1.807, 2.05) is 24.2 Å². The van der Waals surface area contributed by atoms with Gasteiger partial charge in [-0.1, -0.05) is 13.8 Å². The van der Waals surface area contributed by atoms with E-state index >= 15 is 0 Å². The Balaban J connectivity index is 1.96. The molecular weight excluding hydrogens is 232 g/mol. The molecule has 17 heavy (non-hydrogen) atoms. The molecule has 0 saturated carbocycles. The molecule has 0 aliphatic carbocycles. The van der Waals surface area contributed by atoms with Crippen LogP contribution in [0.2, 0.25) is 0 Å². The number of nitrogens with zero attached hydrogens (tertiary/aromatic N) is 3. The van der Waals surface area contributed by atoms with Crippen molar-refractivity contribution in [3.05, 3.63) is 18.1 Å². The smallest absolute Gasteiger partial charge is 0.147 e. The van der Waals surface area contributed by atoms with Crippen molar-refractivity contribution in [3.8, 4) is 0 Å². The monoisotopic (exact) mass is 252 g/mol. The molecule has 1 aliphatic rings.